The molecule has 3 rings (SSSR count). The van der Waals surface area contributed by atoms with Gasteiger partial charge in [-0.2, -0.15) is 0 Å². The topological polar surface area (TPSA) is 32.7 Å². The molecule has 0 saturated heterocycles. The van der Waals surface area contributed by atoms with Crippen molar-refractivity contribution in [2.24, 2.45) is 0 Å². The maximum absolute atomic E-state index is 9.48. The van der Waals surface area contributed by atoms with Gasteiger partial charge in [-0.25, -0.2) is 0 Å². The molecule has 1 atom stereocenters. The first-order valence-corrected chi connectivity index (χ1v) is 6.94. The molecule has 0 aliphatic carbocycles. The largest absolute Gasteiger partial charge is 0.508 e. The van der Waals surface area contributed by atoms with Crippen molar-refractivity contribution in [2.45, 2.75) is 12.5 Å². The predicted molar refractivity (Wildman–Crippen MR) is 79.1 cm³/mol. The van der Waals surface area contributed by atoms with Crippen LogP contribution >= 0.6 is 0 Å². The van der Waals surface area contributed by atoms with E-state index in [1.165, 1.54) is 11.1 Å². The van der Waals surface area contributed by atoms with Crippen molar-refractivity contribution >= 4 is 0 Å². The van der Waals surface area contributed by atoms with Crippen LogP contribution in [0, 0.1) is 0 Å². The van der Waals surface area contributed by atoms with Crippen molar-refractivity contribution in [1.29, 1.82) is 0 Å². The summed E-state index contributed by atoms with van der Waals surface area (Å²) in [6.07, 6.45) is 1.03. The van der Waals surface area contributed by atoms with E-state index in [0.717, 1.165) is 18.7 Å². The van der Waals surface area contributed by atoms with Gasteiger partial charge in [0.15, 0.2) is 0 Å². The quantitative estimate of drug-likeness (QED) is 0.926. The second-order valence-corrected chi connectivity index (χ2v) is 5.27. The summed E-state index contributed by atoms with van der Waals surface area (Å²) in [6.45, 7) is 1.64. The third-order valence-corrected chi connectivity index (χ3v) is 3.88. The zero-order valence-electron chi connectivity index (χ0n) is 11.6. The van der Waals surface area contributed by atoms with Gasteiger partial charge in [0.05, 0.1) is 6.04 Å². The molecule has 0 radical (unpaired) electrons. The molecule has 0 spiro atoms. The Hall–Kier alpha value is -2.00. The van der Waals surface area contributed by atoms with Crippen LogP contribution in [0.1, 0.15) is 17.2 Å². The third-order valence-electron chi connectivity index (χ3n) is 3.88. The molecule has 1 aliphatic heterocycles. The lowest BCUT2D eigenvalue weighted by atomic mass is 10.1. The predicted octanol–water partition coefficient (Wildman–Crippen LogP) is 3.00. The van der Waals surface area contributed by atoms with Crippen LogP contribution in [-0.2, 0) is 6.42 Å². The molecule has 1 unspecified atom stereocenters. The number of phenols is 1. The van der Waals surface area contributed by atoms with Crippen LogP contribution in [0.4, 0.5) is 0 Å². The van der Waals surface area contributed by atoms with Crippen LogP contribution in [0.5, 0.6) is 11.5 Å². The van der Waals surface area contributed by atoms with Crippen LogP contribution in [0.15, 0.2) is 48.5 Å². The third kappa shape index (κ3) is 2.63. The molecule has 20 heavy (non-hydrogen) atoms. The fraction of sp³-hybridized carbons (Fsp3) is 0.294. The van der Waals surface area contributed by atoms with Gasteiger partial charge in [0.2, 0.25) is 0 Å². The van der Waals surface area contributed by atoms with Gasteiger partial charge in [0, 0.05) is 18.2 Å². The van der Waals surface area contributed by atoms with E-state index in [-0.39, 0.29) is 11.8 Å². The first kappa shape index (κ1) is 13.0. The van der Waals surface area contributed by atoms with Crippen molar-refractivity contribution in [3.05, 3.63) is 59.7 Å². The zero-order chi connectivity index (χ0) is 13.9. The standard InChI is InChI=1S/C17H19NO2/c1-18(10-9-13-5-3-2-4-6-13)16-12-20-17-11-14(19)7-8-15(16)17/h2-8,11,16,19H,9-10,12H2,1H3. The van der Waals surface area contributed by atoms with E-state index in [4.69, 9.17) is 4.74 Å². The van der Waals surface area contributed by atoms with Crippen LogP contribution < -0.4 is 4.74 Å². The number of hydrogen-bond acceptors (Lipinski definition) is 3. The van der Waals surface area contributed by atoms with Gasteiger partial charge in [-0.05, 0) is 31.2 Å². The van der Waals surface area contributed by atoms with Crippen molar-refractivity contribution in [2.75, 3.05) is 20.2 Å². The summed E-state index contributed by atoms with van der Waals surface area (Å²) < 4.78 is 5.66. The maximum atomic E-state index is 9.48. The number of rotatable bonds is 4. The van der Waals surface area contributed by atoms with Gasteiger partial charge in [-0.15, -0.1) is 0 Å². The minimum absolute atomic E-state index is 0.260. The van der Waals surface area contributed by atoms with Gasteiger partial charge in [0.1, 0.15) is 18.1 Å². The second kappa shape index (κ2) is 5.55. The molecule has 0 fully saturated rings. The van der Waals surface area contributed by atoms with Gasteiger partial charge in [-0.3, -0.25) is 4.90 Å². The highest BCUT2D eigenvalue weighted by molar-refractivity contribution is 5.44. The highest BCUT2D eigenvalue weighted by atomic mass is 16.5. The molecular weight excluding hydrogens is 250 g/mol. The molecule has 0 amide bonds. The number of hydrogen-bond donors (Lipinski definition) is 1. The van der Waals surface area contributed by atoms with E-state index in [1.54, 1.807) is 12.1 Å². The summed E-state index contributed by atoms with van der Waals surface area (Å²) in [5.41, 5.74) is 2.52. The molecule has 2 aromatic rings. The van der Waals surface area contributed by atoms with Gasteiger partial charge in [0.25, 0.3) is 0 Å². The second-order valence-electron chi connectivity index (χ2n) is 5.27. The van der Waals surface area contributed by atoms with Gasteiger partial charge >= 0.3 is 0 Å². The number of benzene rings is 2. The van der Waals surface area contributed by atoms with Crippen molar-refractivity contribution in [1.82, 2.24) is 4.90 Å². The molecule has 2 aromatic carbocycles. The highest BCUT2D eigenvalue weighted by Crippen LogP contribution is 2.37. The van der Waals surface area contributed by atoms with Crippen molar-refractivity contribution < 1.29 is 9.84 Å². The number of phenolic OH excluding ortho intramolecular Hbond substituents is 1. The Bertz CT molecular complexity index is 583. The average Bonchev–Trinajstić information content (AvgIpc) is 2.89. The molecule has 1 aliphatic rings. The summed E-state index contributed by atoms with van der Waals surface area (Å²) in [5, 5.41) is 9.48. The Morgan fingerprint density at radius 2 is 2.00 bits per heavy atom. The maximum Gasteiger partial charge on any atom is 0.127 e. The average molecular weight is 269 g/mol. The molecule has 0 aromatic heterocycles. The van der Waals surface area contributed by atoms with E-state index >= 15 is 0 Å². The van der Waals surface area contributed by atoms with E-state index in [9.17, 15) is 5.11 Å². The summed E-state index contributed by atoms with van der Waals surface area (Å²) in [4.78, 5) is 2.32. The van der Waals surface area contributed by atoms with Crippen LogP contribution in [0.2, 0.25) is 0 Å². The molecule has 1 heterocycles. The molecule has 0 saturated carbocycles. The number of likely N-dealkylation sites (N-methyl/N-ethyl adjacent to an activating group) is 1. The smallest absolute Gasteiger partial charge is 0.127 e. The van der Waals surface area contributed by atoms with Crippen LogP contribution in [-0.4, -0.2) is 30.2 Å². The minimum atomic E-state index is 0.260. The van der Waals surface area contributed by atoms with E-state index in [1.807, 2.05) is 12.1 Å². The molecule has 104 valence electrons. The normalized spacial score (nSPS) is 17.0. The summed E-state index contributed by atoms with van der Waals surface area (Å²) in [6, 6.07) is 16.2. The summed E-state index contributed by atoms with van der Waals surface area (Å²) >= 11 is 0. The lowest BCUT2D eigenvalue weighted by Gasteiger charge is -2.23. The Labute approximate surface area is 119 Å². The fourth-order valence-electron chi connectivity index (χ4n) is 2.65. The molecule has 3 nitrogen and oxygen atoms in total. The molecule has 3 heteroatoms. The van der Waals surface area contributed by atoms with Gasteiger partial charge < -0.3 is 9.84 Å². The fourth-order valence-corrected chi connectivity index (χ4v) is 2.65. The number of aromatic hydroxyl groups is 1. The van der Waals surface area contributed by atoms with E-state index in [0.29, 0.717) is 6.61 Å². The van der Waals surface area contributed by atoms with Crippen LogP contribution in [0.25, 0.3) is 0 Å². The van der Waals surface area contributed by atoms with Crippen molar-refractivity contribution in [3.63, 3.8) is 0 Å². The zero-order valence-corrected chi connectivity index (χ0v) is 11.6. The number of nitrogens with zero attached hydrogens (tertiary/aromatic N) is 1. The lowest BCUT2D eigenvalue weighted by Crippen LogP contribution is -2.27. The van der Waals surface area contributed by atoms with E-state index < -0.39 is 0 Å². The lowest BCUT2D eigenvalue weighted by molar-refractivity contribution is 0.197. The molecule has 1 N–H and O–H groups in total. The number of ether oxygens (including phenoxy) is 1. The molecular formula is C17H19NO2. The highest BCUT2D eigenvalue weighted by Gasteiger charge is 2.27. The Kier molecular flexibility index (Phi) is 3.61. The van der Waals surface area contributed by atoms with Gasteiger partial charge in [-0.1, -0.05) is 30.3 Å². The van der Waals surface area contributed by atoms with E-state index in [2.05, 4.69) is 36.2 Å². The monoisotopic (exact) mass is 269 g/mol. The number of fused-ring (bicyclic) bond motifs is 1. The Balaban J connectivity index is 1.66. The first-order valence-electron chi connectivity index (χ1n) is 6.94. The minimum Gasteiger partial charge on any atom is -0.508 e. The Morgan fingerprint density at radius 1 is 1.20 bits per heavy atom. The van der Waals surface area contributed by atoms with Crippen molar-refractivity contribution in [3.8, 4) is 11.5 Å². The Morgan fingerprint density at radius 3 is 2.80 bits per heavy atom. The SMILES string of the molecule is CN(CCc1ccccc1)C1COc2cc(O)ccc21. The van der Waals surface area contributed by atoms with Crippen LogP contribution in [0.3, 0.4) is 0 Å². The summed E-state index contributed by atoms with van der Waals surface area (Å²) in [5.74, 6) is 1.07. The summed E-state index contributed by atoms with van der Waals surface area (Å²) in [7, 11) is 2.12. The molecule has 0 bridgehead atoms. The first-order chi connectivity index (χ1) is 9.74.